The lowest BCUT2D eigenvalue weighted by Gasteiger charge is -2.35. The van der Waals surface area contributed by atoms with Crippen molar-refractivity contribution in [3.05, 3.63) is 52.3 Å². The zero-order valence-corrected chi connectivity index (χ0v) is 17.8. The fourth-order valence-corrected chi connectivity index (χ4v) is 4.21. The van der Waals surface area contributed by atoms with Crippen molar-refractivity contribution in [1.82, 2.24) is 15.1 Å². The Kier molecular flexibility index (Phi) is 7.20. The molecule has 0 spiro atoms. The van der Waals surface area contributed by atoms with E-state index in [1.54, 1.807) is 11.0 Å². The van der Waals surface area contributed by atoms with Gasteiger partial charge in [-0.15, -0.1) is 0 Å². The van der Waals surface area contributed by atoms with E-state index in [4.69, 9.17) is 0 Å². The molecule has 1 fully saturated rings. The van der Waals surface area contributed by atoms with Crippen LogP contribution in [0.3, 0.4) is 0 Å². The van der Waals surface area contributed by atoms with Crippen molar-refractivity contribution in [3.8, 4) is 11.3 Å². The average Bonchev–Trinajstić information content (AvgIpc) is 2.70. The molecule has 6 heteroatoms. The number of carbonyl (C=O) groups is 1. The molecule has 29 heavy (non-hydrogen) atoms. The maximum Gasteiger partial charge on any atom is 0.266 e. The van der Waals surface area contributed by atoms with Gasteiger partial charge in [0.2, 0.25) is 5.91 Å². The summed E-state index contributed by atoms with van der Waals surface area (Å²) in [6.07, 6.45) is 4.09. The molecule has 0 saturated carbocycles. The van der Waals surface area contributed by atoms with E-state index in [0.717, 1.165) is 17.8 Å². The summed E-state index contributed by atoms with van der Waals surface area (Å²) < 4.78 is 1.38. The van der Waals surface area contributed by atoms with E-state index in [2.05, 4.69) is 24.3 Å². The SMILES string of the molecule is Cc1ccc(-c2ccc(=O)n(CCC(=O)NCC[NH+]3C(C)CCCC3C)n2)cc1. The number of nitrogens with zero attached hydrogens (tertiary/aromatic N) is 2. The second-order valence-corrected chi connectivity index (χ2v) is 8.30. The molecule has 1 aromatic heterocycles. The number of aryl methyl sites for hydroxylation is 2. The fourth-order valence-electron chi connectivity index (χ4n) is 4.21. The van der Waals surface area contributed by atoms with E-state index >= 15 is 0 Å². The summed E-state index contributed by atoms with van der Waals surface area (Å²) in [5, 5.41) is 7.45. The number of piperidine rings is 1. The molecule has 156 valence electrons. The minimum Gasteiger partial charge on any atom is -0.350 e. The van der Waals surface area contributed by atoms with Gasteiger partial charge in [0, 0.05) is 18.1 Å². The first-order valence-electron chi connectivity index (χ1n) is 10.7. The smallest absolute Gasteiger partial charge is 0.266 e. The third-order valence-electron chi connectivity index (χ3n) is 6.04. The molecule has 0 aliphatic carbocycles. The molecule has 1 aromatic carbocycles. The molecule has 2 heterocycles. The summed E-state index contributed by atoms with van der Waals surface area (Å²) in [5.41, 5.74) is 2.69. The van der Waals surface area contributed by atoms with Gasteiger partial charge in [0.25, 0.3) is 5.56 Å². The summed E-state index contributed by atoms with van der Waals surface area (Å²) in [6.45, 7) is 8.54. The van der Waals surface area contributed by atoms with Crippen LogP contribution >= 0.6 is 0 Å². The number of carbonyl (C=O) groups excluding carboxylic acids is 1. The quantitative estimate of drug-likeness (QED) is 0.745. The molecule has 1 amide bonds. The van der Waals surface area contributed by atoms with Crippen molar-refractivity contribution in [1.29, 1.82) is 0 Å². The number of hydrogen-bond acceptors (Lipinski definition) is 3. The van der Waals surface area contributed by atoms with Gasteiger partial charge in [0.05, 0.1) is 37.4 Å². The Labute approximate surface area is 172 Å². The first-order valence-corrected chi connectivity index (χ1v) is 10.7. The van der Waals surface area contributed by atoms with Gasteiger partial charge in [0.15, 0.2) is 0 Å². The Balaban J connectivity index is 1.51. The second-order valence-electron chi connectivity index (χ2n) is 8.30. The van der Waals surface area contributed by atoms with Crippen LogP contribution in [0.1, 0.15) is 45.1 Å². The van der Waals surface area contributed by atoms with Crippen molar-refractivity contribution in [3.63, 3.8) is 0 Å². The van der Waals surface area contributed by atoms with Crippen molar-refractivity contribution in [2.45, 2.75) is 65.1 Å². The van der Waals surface area contributed by atoms with Crippen molar-refractivity contribution < 1.29 is 9.69 Å². The first kappa shape index (κ1) is 21.2. The van der Waals surface area contributed by atoms with Crippen LogP contribution in [-0.4, -0.2) is 40.9 Å². The molecule has 0 radical (unpaired) electrons. The molecule has 2 N–H and O–H groups in total. The summed E-state index contributed by atoms with van der Waals surface area (Å²) in [7, 11) is 0. The van der Waals surface area contributed by atoms with Gasteiger partial charge in [-0.2, -0.15) is 5.10 Å². The van der Waals surface area contributed by atoms with Crippen LogP contribution in [0, 0.1) is 6.92 Å². The summed E-state index contributed by atoms with van der Waals surface area (Å²) >= 11 is 0. The van der Waals surface area contributed by atoms with Gasteiger partial charge in [-0.05, 0) is 46.1 Å². The number of likely N-dealkylation sites (tertiary alicyclic amines) is 1. The Hall–Kier alpha value is -2.47. The molecule has 2 aromatic rings. The van der Waals surface area contributed by atoms with E-state index in [1.807, 2.05) is 31.2 Å². The van der Waals surface area contributed by atoms with Gasteiger partial charge < -0.3 is 10.2 Å². The van der Waals surface area contributed by atoms with E-state index in [-0.39, 0.29) is 24.4 Å². The average molecular weight is 398 g/mol. The lowest BCUT2D eigenvalue weighted by molar-refractivity contribution is -0.950. The number of quaternary nitrogens is 1. The Bertz CT molecular complexity index is 865. The topological polar surface area (TPSA) is 68.4 Å². The zero-order valence-electron chi connectivity index (χ0n) is 17.8. The predicted molar refractivity (Wildman–Crippen MR) is 115 cm³/mol. The molecule has 1 aliphatic heterocycles. The number of hydrogen-bond donors (Lipinski definition) is 2. The van der Waals surface area contributed by atoms with Crippen molar-refractivity contribution in [2.24, 2.45) is 0 Å². The van der Waals surface area contributed by atoms with Crippen molar-refractivity contribution >= 4 is 5.91 Å². The molecule has 0 bridgehead atoms. The first-order chi connectivity index (χ1) is 13.9. The van der Waals surface area contributed by atoms with Gasteiger partial charge >= 0.3 is 0 Å². The molecular weight excluding hydrogens is 364 g/mol. The summed E-state index contributed by atoms with van der Waals surface area (Å²) in [5.74, 6) is -0.0313. The predicted octanol–water partition coefficient (Wildman–Crippen LogP) is 1.57. The number of nitrogens with one attached hydrogen (secondary N) is 2. The Morgan fingerprint density at radius 3 is 2.52 bits per heavy atom. The van der Waals surface area contributed by atoms with E-state index in [9.17, 15) is 9.59 Å². The minimum absolute atomic E-state index is 0.0313. The van der Waals surface area contributed by atoms with Gasteiger partial charge in [0.1, 0.15) is 0 Å². The third kappa shape index (κ3) is 5.76. The lowest BCUT2D eigenvalue weighted by Crippen LogP contribution is -3.19. The second kappa shape index (κ2) is 9.83. The molecule has 2 unspecified atom stereocenters. The summed E-state index contributed by atoms with van der Waals surface area (Å²) in [4.78, 5) is 26.0. The number of benzene rings is 1. The highest BCUT2D eigenvalue weighted by Gasteiger charge is 2.27. The largest absolute Gasteiger partial charge is 0.350 e. The van der Waals surface area contributed by atoms with Gasteiger partial charge in [-0.1, -0.05) is 29.8 Å². The van der Waals surface area contributed by atoms with Crippen LogP contribution in [0.15, 0.2) is 41.2 Å². The molecule has 3 rings (SSSR count). The normalized spacial score (nSPS) is 21.7. The highest BCUT2D eigenvalue weighted by atomic mass is 16.2. The van der Waals surface area contributed by atoms with E-state index < -0.39 is 0 Å². The Morgan fingerprint density at radius 2 is 1.83 bits per heavy atom. The number of rotatable bonds is 7. The van der Waals surface area contributed by atoms with Crippen LogP contribution in [0.4, 0.5) is 0 Å². The summed E-state index contributed by atoms with van der Waals surface area (Å²) in [6, 6.07) is 12.6. The number of amides is 1. The lowest BCUT2D eigenvalue weighted by atomic mass is 9.98. The van der Waals surface area contributed by atoms with Crippen molar-refractivity contribution in [2.75, 3.05) is 13.1 Å². The standard InChI is InChI=1S/C23H32N4O2/c1-17-7-9-20(10-8-17)21-11-12-23(29)27(25-21)15-13-22(28)24-14-16-26-18(2)5-4-6-19(26)3/h7-12,18-19H,4-6,13-16H2,1-3H3,(H,24,28)/p+1. The van der Waals surface area contributed by atoms with Crippen LogP contribution in [-0.2, 0) is 11.3 Å². The maximum atomic E-state index is 12.3. The fraction of sp³-hybridized carbons (Fsp3) is 0.522. The van der Waals surface area contributed by atoms with Gasteiger partial charge in [-0.25, -0.2) is 4.68 Å². The molecule has 1 saturated heterocycles. The monoisotopic (exact) mass is 397 g/mol. The van der Waals surface area contributed by atoms with E-state index in [1.165, 1.54) is 35.6 Å². The van der Waals surface area contributed by atoms with Crippen LogP contribution in [0.2, 0.25) is 0 Å². The van der Waals surface area contributed by atoms with Crippen LogP contribution in [0.25, 0.3) is 11.3 Å². The third-order valence-corrected chi connectivity index (χ3v) is 6.04. The zero-order chi connectivity index (χ0) is 20.8. The minimum atomic E-state index is -0.186. The highest BCUT2D eigenvalue weighted by molar-refractivity contribution is 5.75. The highest BCUT2D eigenvalue weighted by Crippen LogP contribution is 2.15. The molecule has 2 atom stereocenters. The number of aromatic nitrogens is 2. The van der Waals surface area contributed by atoms with E-state index in [0.29, 0.717) is 18.6 Å². The molecule has 1 aliphatic rings. The van der Waals surface area contributed by atoms with Crippen LogP contribution < -0.4 is 15.8 Å². The van der Waals surface area contributed by atoms with Gasteiger partial charge in [-0.3, -0.25) is 9.59 Å². The Morgan fingerprint density at radius 1 is 1.14 bits per heavy atom. The maximum absolute atomic E-state index is 12.3. The van der Waals surface area contributed by atoms with Crippen LogP contribution in [0.5, 0.6) is 0 Å². The molecular formula is C23H33N4O2+. The molecule has 6 nitrogen and oxygen atoms in total.